The van der Waals surface area contributed by atoms with Crippen LogP contribution in [0.2, 0.25) is 0 Å². The van der Waals surface area contributed by atoms with Gasteiger partial charge in [-0.1, -0.05) is 30.3 Å². The lowest BCUT2D eigenvalue weighted by molar-refractivity contribution is 0.0697. The Balaban J connectivity index is 1.66. The van der Waals surface area contributed by atoms with Crippen molar-refractivity contribution in [2.24, 2.45) is 0 Å². The topological polar surface area (TPSA) is 43.8 Å². The lowest BCUT2D eigenvalue weighted by Gasteiger charge is -2.24. The second-order valence-electron chi connectivity index (χ2n) is 6.50. The van der Waals surface area contributed by atoms with Crippen molar-refractivity contribution in [2.45, 2.75) is 25.9 Å². The number of anilines is 1. The van der Waals surface area contributed by atoms with Crippen molar-refractivity contribution >= 4 is 11.7 Å². The predicted molar refractivity (Wildman–Crippen MR) is 96.5 cm³/mol. The highest BCUT2D eigenvalue weighted by molar-refractivity contribution is 5.87. The average molecular weight is 324 g/mol. The van der Waals surface area contributed by atoms with Crippen LogP contribution in [0.5, 0.6) is 0 Å². The Morgan fingerprint density at radius 1 is 1.04 bits per heavy atom. The minimum atomic E-state index is -0.880. The van der Waals surface area contributed by atoms with Crippen molar-refractivity contribution in [1.29, 1.82) is 0 Å². The summed E-state index contributed by atoms with van der Waals surface area (Å²) in [6.07, 6.45) is 2.56. The van der Waals surface area contributed by atoms with Crippen molar-refractivity contribution < 1.29 is 9.90 Å². The van der Waals surface area contributed by atoms with E-state index in [1.165, 1.54) is 24.1 Å². The number of aromatic carboxylic acids is 1. The first-order valence-electron chi connectivity index (χ1n) is 8.47. The summed E-state index contributed by atoms with van der Waals surface area (Å²) in [5, 5.41) is 8.97. The molecule has 1 fully saturated rings. The molecule has 0 spiro atoms. The van der Waals surface area contributed by atoms with Gasteiger partial charge in [0.2, 0.25) is 0 Å². The van der Waals surface area contributed by atoms with Gasteiger partial charge in [0, 0.05) is 31.9 Å². The molecule has 1 N–H and O–H groups in total. The third-order valence-electron chi connectivity index (χ3n) is 4.53. The third-order valence-corrected chi connectivity index (χ3v) is 4.53. The fraction of sp³-hybridized carbons (Fsp3) is 0.350. The molecule has 0 aliphatic carbocycles. The van der Waals surface area contributed by atoms with Crippen molar-refractivity contribution in [3.8, 4) is 0 Å². The van der Waals surface area contributed by atoms with Gasteiger partial charge < -0.3 is 10.0 Å². The van der Waals surface area contributed by atoms with E-state index in [0.29, 0.717) is 5.56 Å². The molecule has 1 heterocycles. The van der Waals surface area contributed by atoms with E-state index in [1.807, 2.05) is 12.1 Å². The molecule has 126 valence electrons. The monoisotopic (exact) mass is 324 g/mol. The van der Waals surface area contributed by atoms with E-state index in [1.54, 1.807) is 12.1 Å². The standard InChI is InChI=1S/C20H24N2O2/c1-21(14-16-8-10-17(11-9-16)20(23)24)15-18-6-2-3-7-19(18)22-12-4-5-13-22/h2-3,6-11H,4-5,12-15H2,1H3,(H,23,24). The number of carboxylic acids is 1. The lowest BCUT2D eigenvalue weighted by atomic mass is 10.1. The second-order valence-corrected chi connectivity index (χ2v) is 6.50. The molecular weight excluding hydrogens is 300 g/mol. The van der Waals surface area contributed by atoms with E-state index >= 15 is 0 Å². The largest absolute Gasteiger partial charge is 0.478 e. The Hall–Kier alpha value is -2.33. The molecule has 2 aromatic rings. The van der Waals surface area contributed by atoms with Crippen LogP contribution in [0.1, 0.15) is 34.3 Å². The van der Waals surface area contributed by atoms with E-state index in [9.17, 15) is 4.79 Å². The first kappa shape index (κ1) is 16.5. The maximum atomic E-state index is 10.9. The fourth-order valence-electron chi connectivity index (χ4n) is 3.32. The molecule has 4 heteroatoms. The van der Waals surface area contributed by atoms with E-state index in [4.69, 9.17) is 5.11 Å². The highest BCUT2D eigenvalue weighted by Gasteiger charge is 2.16. The molecule has 1 aliphatic heterocycles. The van der Waals surface area contributed by atoms with Crippen LogP contribution in [0.4, 0.5) is 5.69 Å². The van der Waals surface area contributed by atoms with E-state index in [-0.39, 0.29) is 0 Å². The molecule has 0 amide bonds. The molecule has 2 aromatic carbocycles. The quantitative estimate of drug-likeness (QED) is 0.881. The van der Waals surface area contributed by atoms with Gasteiger partial charge in [-0.3, -0.25) is 4.90 Å². The molecule has 0 bridgehead atoms. The number of carbonyl (C=O) groups is 1. The van der Waals surface area contributed by atoms with Crippen molar-refractivity contribution in [3.63, 3.8) is 0 Å². The summed E-state index contributed by atoms with van der Waals surface area (Å²) in [6.45, 7) is 3.98. The maximum Gasteiger partial charge on any atom is 0.335 e. The van der Waals surface area contributed by atoms with Gasteiger partial charge in [0.15, 0.2) is 0 Å². The zero-order chi connectivity index (χ0) is 16.9. The smallest absolute Gasteiger partial charge is 0.335 e. The molecule has 24 heavy (non-hydrogen) atoms. The first-order valence-corrected chi connectivity index (χ1v) is 8.47. The van der Waals surface area contributed by atoms with Gasteiger partial charge in [-0.15, -0.1) is 0 Å². The second kappa shape index (κ2) is 7.49. The third kappa shape index (κ3) is 3.95. The van der Waals surface area contributed by atoms with Crippen LogP contribution in [0, 0.1) is 0 Å². The van der Waals surface area contributed by atoms with Crippen molar-refractivity contribution in [2.75, 3.05) is 25.0 Å². The van der Waals surface area contributed by atoms with Crippen molar-refractivity contribution in [1.82, 2.24) is 4.90 Å². The summed E-state index contributed by atoms with van der Waals surface area (Å²) in [4.78, 5) is 15.7. The Labute approximate surface area is 143 Å². The Bertz CT molecular complexity index is 691. The Morgan fingerprint density at radius 2 is 1.71 bits per heavy atom. The molecule has 0 radical (unpaired) electrons. The van der Waals surface area contributed by atoms with Crippen LogP contribution < -0.4 is 4.90 Å². The van der Waals surface area contributed by atoms with Gasteiger partial charge in [-0.05, 0) is 49.2 Å². The number of nitrogens with zero attached hydrogens (tertiary/aromatic N) is 2. The number of para-hydroxylation sites is 1. The molecule has 0 saturated carbocycles. The number of carboxylic acid groups (broad SMARTS) is 1. The molecule has 0 atom stereocenters. The lowest BCUT2D eigenvalue weighted by Crippen LogP contribution is -2.23. The molecule has 3 rings (SSSR count). The van der Waals surface area contributed by atoms with E-state index < -0.39 is 5.97 Å². The Morgan fingerprint density at radius 3 is 2.38 bits per heavy atom. The van der Waals surface area contributed by atoms with Crippen LogP contribution >= 0.6 is 0 Å². The first-order chi connectivity index (χ1) is 11.6. The van der Waals surface area contributed by atoms with Gasteiger partial charge in [0.25, 0.3) is 0 Å². The summed E-state index contributed by atoms with van der Waals surface area (Å²) in [5.74, 6) is -0.880. The molecule has 4 nitrogen and oxygen atoms in total. The SMILES string of the molecule is CN(Cc1ccc(C(=O)O)cc1)Cc1ccccc1N1CCCC1. The zero-order valence-electron chi connectivity index (χ0n) is 14.1. The zero-order valence-corrected chi connectivity index (χ0v) is 14.1. The molecular formula is C20H24N2O2. The fourth-order valence-corrected chi connectivity index (χ4v) is 3.32. The van der Waals surface area contributed by atoms with Crippen LogP contribution in [0.25, 0.3) is 0 Å². The molecule has 0 aromatic heterocycles. The predicted octanol–water partition coefficient (Wildman–Crippen LogP) is 3.62. The normalized spacial score (nSPS) is 14.3. The highest BCUT2D eigenvalue weighted by Crippen LogP contribution is 2.25. The molecule has 1 saturated heterocycles. The summed E-state index contributed by atoms with van der Waals surface area (Å²) < 4.78 is 0. The number of benzene rings is 2. The number of rotatable bonds is 6. The summed E-state index contributed by atoms with van der Waals surface area (Å²) >= 11 is 0. The average Bonchev–Trinajstić information content (AvgIpc) is 3.10. The van der Waals surface area contributed by atoms with Crippen LogP contribution in [0.3, 0.4) is 0 Å². The van der Waals surface area contributed by atoms with E-state index in [0.717, 1.165) is 31.7 Å². The Kier molecular flexibility index (Phi) is 5.16. The van der Waals surface area contributed by atoms with Gasteiger partial charge in [-0.25, -0.2) is 4.79 Å². The minimum absolute atomic E-state index is 0.334. The summed E-state index contributed by atoms with van der Waals surface area (Å²) in [7, 11) is 2.10. The number of hydrogen-bond acceptors (Lipinski definition) is 3. The van der Waals surface area contributed by atoms with Crippen LogP contribution in [-0.2, 0) is 13.1 Å². The highest BCUT2D eigenvalue weighted by atomic mass is 16.4. The van der Waals surface area contributed by atoms with Crippen LogP contribution in [0.15, 0.2) is 48.5 Å². The van der Waals surface area contributed by atoms with Gasteiger partial charge >= 0.3 is 5.97 Å². The summed E-state index contributed by atoms with van der Waals surface area (Å²) in [6, 6.07) is 15.8. The molecule has 0 unspecified atom stereocenters. The van der Waals surface area contributed by atoms with Gasteiger partial charge in [-0.2, -0.15) is 0 Å². The number of hydrogen-bond donors (Lipinski definition) is 1. The van der Waals surface area contributed by atoms with Gasteiger partial charge in [0.05, 0.1) is 5.56 Å². The van der Waals surface area contributed by atoms with E-state index in [2.05, 4.69) is 41.1 Å². The summed E-state index contributed by atoms with van der Waals surface area (Å²) in [5.41, 5.74) is 4.16. The maximum absolute atomic E-state index is 10.9. The van der Waals surface area contributed by atoms with Crippen molar-refractivity contribution in [3.05, 3.63) is 65.2 Å². The van der Waals surface area contributed by atoms with Crippen LogP contribution in [-0.4, -0.2) is 36.1 Å². The minimum Gasteiger partial charge on any atom is -0.478 e. The molecule has 1 aliphatic rings. The van der Waals surface area contributed by atoms with Gasteiger partial charge in [0.1, 0.15) is 0 Å².